The second-order valence-corrected chi connectivity index (χ2v) is 10.2. The van der Waals surface area contributed by atoms with Crippen LogP contribution in [-0.4, -0.2) is 36.4 Å². The van der Waals surface area contributed by atoms with Crippen LogP contribution in [-0.2, 0) is 19.1 Å². The number of esters is 2. The maximum absolute atomic E-state index is 12.0. The van der Waals surface area contributed by atoms with Crippen LogP contribution in [0.5, 0.6) is 0 Å². The lowest BCUT2D eigenvalue weighted by Crippen LogP contribution is -2.28. The van der Waals surface area contributed by atoms with E-state index in [9.17, 15) is 14.7 Å². The second kappa shape index (κ2) is 27.5. The van der Waals surface area contributed by atoms with Crippen LogP contribution in [0.4, 0.5) is 0 Å². The summed E-state index contributed by atoms with van der Waals surface area (Å²) in [5.41, 5.74) is 0. The molecule has 1 N–H and O–H groups in total. The van der Waals surface area contributed by atoms with Crippen LogP contribution in [0.15, 0.2) is 0 Å². The molecule has 0 saturated heterocycles. The topological polar surface area (TPSA) is 72.8 Å². The Morgan fingerprint density at radius 2 is 0.886 bits per heavy atom. The lowest BCUT2D eigenvalue weighted by atomic mass is 10.0. The third-order valence-electron chi connectivity index (χ3n) is 6.65. The van der Waals surface area contributed by atoms with Gasteiger partial charge in [0.25, 0.3) is 0 Å². The van der Waals surface area contributed by atoms with Crippen LogP contribution in [0, 0.1) is 0 Å². The van der Waals surface area contributed by atoms with Crippen molar-refractivity contribution < 1.29 is 24.2 Å². The molecule has 0 radical (unpaired) electrons. The molecule has 0 aliphatic rings. The molecule has 0 amide bonds. The molecule has 0 aliphatic carbocycles. The first-order valence-electron chi connectivity index (χ1n) is 15.1. The van der Waals surface area contributed by atoms with Gasteiger partial charge >= 0.3 is 11.9 Å². The number of carbonyl (C=O) groups excluding carboxylic acids is 2. The zero-order valence-corrected chi connectivity index (χ0v) is 23.3. The monoisotopic (exact) mass is 498 g/mol. The molecule has 5 nitrogen and oxygen atoms in total. The van der Waals surface area contributed by atoms with Crippen LogP contribution in [0.1, 0.15) is 162 Å². The average Bonchev–Trinajstić information content (AvgIpc) is 2.86. The largest absolute Gasteiger partial charge is 0.462 e. The summed E-state index contributed by atoms with van der Waals surface area (Å²) in [4.78, 5) is 23.6. The molecule has 0 spiro atoms. The summed E-state index contributed by atoms with van der Waals surface area (Å²) in [7, 11) is 0. The van der Waals surface area contributed by atoms with Crippen LogP contribution in [0.3, 0.4) is 0 Å². The molecule has 5 heteroatoms. The minimum Gasteiger partial charge on any atom is -0.462 e. The molecular weight excluding hydrogens is 440 g/mol. The van der Waals surface area contributed by atoms with Crippen LogP contribution in [0.2, 0.25) is 0 Å². The molecule has 0 bridgehead atoms. The van der Waals surface area contributed by atoms with Crippen molar-refractivity contribution in [2.24, 2.45) is 0 Å². The molecule has 0 fully saturated rings. The molecule has 35 heavy (non-hydrogen) atoms. The van der Waals surface area contributed by atoms with E-state index in [1.807, 2.05) is 0 Å². The summed E-state index contributed by atoms with van der Waals surface area (Å²) in [6.45, 7) is 3.96. The van der Waals surface area contributed by atoms with Crippen LogP contribution >= 0.6 is 0 Å². The van der Waals surface area contributed by atoms with Gasteiger partial charge in [0.1, 0.15) is 6.61 Å². The Balaban J connectivity index is 3.42. The Labute approximate surface area is 217 Å². The number of hydrogen-bond donors (Lipinski definition) is 1. The van der Waals surface area contributed by atoms with Gasteiger partial charge in [0.15, 0.2) is 6.10 Å². The van der Waals surface area contributed by atoms with E-state index in [4.69, 9.17) is 9.47 Å². The molecule has 0 aromatic carbocycles. The summed E-state index contributed by atoms with van der Waals surface area (Å²) in [5, 5.41) is 9.36. The maximum atomic E-state index is 12.0. The summed E-state index contributed by atoms with van der Waals surface area (Å²) >= 11 is 0. The third kappa shape index (κ3) is 25.8. The van der Waals surface area contributed by atoms with Gasteiger partial charge in [-0.05, 0) is 12.8 Å². The first kappa shape index (κ1) is 33.9. The van der Waals surface area contributed by atoms with E-state index in [0.717, 1.165) is 38.5 Å². The van der Waals surface area contributed by atoms with E-state index < -0.39 is 6.10 Å². The van der Waals surface area contributed by atoms with Gasteiger partial charge in [-0.15, -0.1) is 0 Å². The number of hydrogen-bond acceptors (Lipinski definition) is 5. The molecule has 0 heterocycles. The minimum absolute atomic E-state index is 0.0632. The van der Waals surface area contributed by atoms with Gasteiger partial charge in [-0.3, -0.25) is 9.59 Å². The molecule has 0 aromatic heterocycles. The normalized spacial score (nSPS) is 12.0. The van der Waals surface area contributed by atoms with Gasteiger partial charge in [-0.1, -0.05) is 136 Å². The number of ether oxygens (including phenoxy) is 2. The Hall–Kier alpha value is -1.10. The van der Waals surface area contributed by atoms with Gasteiger partial charge in [0, 0.05) is 12.8 Å². The number of unbranched alkanes of at least 4 members (excludes halogenated alkanes) is 19. The van der Waals surface area contributed by atoms with E-state index >= 15 is 0 Å². The highest BCUT2D eigenvalue weighted by atomic mass is 16.6. The van der Waals surface area contributed by atoms with E-state index in [1.165, 1.54) is 96.3 Å². The van der Waals surface area contributed by atoms with Crippen molar-refractivity contribution >= 4 is 11.9 Å². The second-order valence-electron chi connectivity index (χ2n) is 10.2. The fourth-order valence-corrected chi connectivity index (χ4v) is 4.32. The van der Waals surface area contributed by atoms with E-state index in [-0.39, 0.29) is 25.2 Å². The highest BCUT2D eigenvalue weighted by Gasteiger charge is 2.15. The van der Waals surface area contributed by atoms with Gasteiger partial charge in [0.05, 0.1) is 6.61 Å². The van der Waals surface area contributed by atoms with Crippen molar-refractivity contribution in [3.63, 3.8) is 0 Å². The third-order valence-corrected chi connectivity index (χ3v) is 6.65. The standard InChI is InChI=1S/C30H58O5/c1-3-5-7-8-9-10-11-12-13-14-15-16-17-18-19-20-21-23-25-30(33)35-28(26-31)27-34-29(32)24-22-6-4-2/h28,31H,3-27H2,1-2H3. The minimum atomic E-state index is -0.756. The Kier molecular flexibility index (Phi) is 26.6. The van der Waals surface area contributed by atoms with Crippen molar-refractivity contribution in [1.29, 1.82) is 0 Å². The molecule has 0 saturated carbocycles. The van der Waals surface area contributed by atoms with Crippen molar-refractivity contribution in [3.05, 3.63) is 0 Å². The number of aliphatic hydroxyl groups excluding tert-OH is 1. The first-order chi connectivity index (χ1) is 17.1. The SMILES string of the molecule is CCCCCCCCCCCCCCCCCCCCC(=O)OC(CO)COC(=O)CCCCC. The molecule has 0 rings (SSSR count). The first-order valence-corrected chi connectivity index (χ1v) is 15.1. The number of aliphatic hydroxyl groups is 1. The Morgan fingerprint density at radius 3 is 1.31 bits per heavy atom. The quantitative estimate of drug-likeness (QED) is 0.0908. The van der Waals surface area contributed by atoms with Crippen molar-refractivity contribution in [2.75, 3.05) is 13.2 Å². The summed E-state index contributed by atoms with van der Waals surface area (Å²) in [5.74, 6) is -0.612. The van der Waals surface area contributed by atoms with Crippen molar-refractivity contribution in [2.45, 2.75) is 168 Å². The molecule has 208 valence electrons. The zero-order chi connectivity index (χ0) is 25.8. The lowest BCUT2D eigenvalue weighted by molar-refractivity contribution is -0.161. The van der Waals surface area contributed by atoms with Gasteiger partial charge in [-0.25, -0.2) is 0 Å². The summed E-state index contributed by atoms with van der Waals surface area (Å²) in [6.07, 6.45) is 26.5. The van der Waals surface area contributed by atoms with Gasteiger partial charge in [0.2, 0.25) is 0 Å². The van der Waals surface area contributed by atoms with Crippen molar-refractivity contribution in [3.8, 4) is 0 Å². The maximum Gasteiger partial charge on any atom is 0.306 e. The fraction of sp³-hybridized carbons (Fsp3) is 0.933. The van der Waals surface area contributed by atoms with Crippen molar-refractivity contribution in [1.82, 2.24) is 0 Å². The molecule has 0 aliphatic heterocycles. The highest BCUT2D eigenvalue weighted by Crippen LogP contribution is 2.15. The van der Waals surface area contributed by atoms with Crippen LogP contribution in [0.25, 0.3) is 0 Å². The highest BCUT2D eigenvalue weighted by molar-refractivity contribution is 5.70. The summed E-state index contributed by atoms with van der Waals surface area (Å²) in [6, 6.07) is 0. The molecular formula is C30H58O5. The molecule has 1 atom stereocenters. The Morgan fingerprint density at radius 1 is 0.543 bits per heavy atom. The fourth-order valence-electron chi connectivity index (χ4n) is 4.32. The van der Waals surface area contributed by atoms with E-state index in [1.54, 1.807) is 0 Å². The molecule has 1 unspecified atom stereocenters. The molecule has 0 aromatic rings. The summed E-state index contributed by atoms with van der Waals surface area (Å²) < 4.78 is 10.4. The van der Waals surface area contributed by atoms with E-state index in [0.29, 0.717) is 12.8 Å². The predicted molar refractivity (Wildman–Crippen MR) is 145 cm³/mol. The Bertz CT molecular complexity index is 466. The smallest absolute Gasteiger partial charge is 0.306 e. The number of rotatable bonds is 27. The number of carbonyl (C=O) groups is 2. The lowest BCUT2D eigenvalue weighted by Gasteiger charge is -2.15. The van der Waals surface area contributed by atoms with Crippen LogP contribution < -0.4 is 0 Å². The van der Waals surface area contributed by atoms with E-state index in [2.05, 4.69) is 13.8 Å². The van der Waals surface area contributed by atoms with Gasteiger partial charge in [-0.2, -0.15) is 0 Å². The van der Waals surface area contributed by atoms with Gasteiger partial charge < -0.3 is 14.6 Å². The average molecular weight is 499 g/mol. The zero-order valence-electron chi connectivity index (χ0n) is 23.3. The predicted octanol–water partition coefficient (Wildman–Crippen LogP) is 8.45.